The summed E-state index contributed by atoms with van der Waals surface area (Å²) in [7, 11) is 0. The van der Waals surface area contributed by atoms with Gasteiger partial charge in [-0.1, -0.05) is 13.8 Å². The highest BCUT2D eigenvalue weighted by Crippen LogP contribution is 2.07. The van der Waals surface area contributed by atoms with E-state index in [0.29, 0.717) is 25.2 Å². The number of nitrogens with one attached hydrogen (secondary N) is 2. The van der Waals surface area contributed by atoms with Crippen LogP contribution in [0.15, 0.2) is 0 Å². The maximum atomic E-state index is 10.3. The van der Waals surface area contributed by atoms with Crippen molar-refractivity contribution in [1.82, 2.24) is 10.6 Å². The minimum absolute atomic E-state index is 0.154. The van der Waals surface area contributed by atoms with E-state index in [-0.39, 0.29) is 12.6 Å². The Morgan fingerprint density at radius 3 is 2.36 bits per heavy atom. The second kappa shape index (κ2) is 7.32. The van der Waals surface area contributed by atoms with Gasteiger partial charge in [0.2, 0.25) is 12.8 Å². The molecule has 3 N–H and O–H groups in total. The van der Waals surface area contributed by atoms with Crippen molar-refractivity contribution in [2.24, 2.45) is 5.92 Å². The van der Waals surface area contributed by atoms with E-state index in [0.717, 1.165) is 0 Å². The highest BCUT2D eigenvalue weighted by atomic mass is 16.3. The minimum Gasteiger partial charge on any atom is -0.389 e. The number of rotatable bonds is 8. The van der Waals surface area contributed by atoms with Crippen LogP contribution in [0.4, 0.5) is 0 Å². The Morgan fingerprint density at radius 2 is 1.93 bits per heavy atom. The predicted octanol–water partition coefficient (Wildman–Crippen LogP) is -0.746. The third-order valence-corrected chi connectivity index (χ3v) is 1.88. The van der Waals surface area contributed by atoms with Crippen LogP contribution in [0.1, 0.15) is 20.3 Å². The molecule has 0 radical (unpaired) electrons. The van der Waals surface area contributed by atoms with Crippen LogP contribution in [0.2, 0.25) is 0 Å². The fourth-order valence-corrected chi connectivity index (χ4v) is 1.24. The summed E-state index contributed by atoms with van der Waals surface area (Å²) in [5, 5.41) is 14.5. The summed E-state index contributed by atoms with van der Waals surface area (Å²) < 4.78 is 0. The second-order valence-electron chi connectivity index (χ2n) is 3.61. The summed E-state index contributed by atoms with van der Waals surface area (Å²) in [6.07, 6.45) is 1.03. The number of aliphatic hydroxyl groups is 1. The topological polar surface area (TPSA) is 78.4 Å². The molecule has 5 heteroatoms. The molecule has 0 spiro atoms. The van der Waals surface area contributed by atoms with Gasteiger partial charge in [-0.3, -0.25) is 9.59 Å². The van der Waals surface area contributed by atoms with E-state index in [2.05, 4.69) is 10.6 Å². The first-order chi connectivity index (χ1) is 6.61. The van der Waals surface area contributed by atoms with Gasteiger partial charge in [0.25, 0.3) is 0 Å². The highest BCUT2D eigenvalue weighted by molar-refractivity contribution is 5.47. The zero-order valence-electron chi connectivity index (χ0n) is 8.56. The number of aliphatic hydroxyl groups excluding tert-OH is 1. The highest BCUT2D eigenvalue weighted by Gasteiger charge is 2.18. The predicted molar refractivity (Wildman–Crippen MR) is 52.5 cm³/mol. The quantitative estimate of drug-likeness (QED) is 0.453. The van der Waals surface area contributed by atoms with Crippen LogP contribution in [-0.4, -0.2) is 36.6 Å². The van der Waals surface area contributed by atoms with Gasteiger partial charge in [-0.15, -0.1) is 0 Å². The molecule has 0 aliphatic heterocycles. The lowest BCUT2D eigenvalue weighted by molar-refractivity contribution is -0.111. The first-order valence-corrected chi connectivity index (χ1v) is 4.66. The van der Waals surface area contributed by atoms with Gasteiger partial charge in [-0.25, -0.2) is 0 Å². The normalized spacial score (nSPS) is 14.6. The number of carbonyl (C=O) groups excluding carboxylic acids is 2. The largest absolute Gasteiger partial charge is 0.389 e. The number of hydrogen-bond donors (Lipinski definition) is 3. The molecule has 2 atom stereocenters. The summed E-state index contributed by atoms with van der Waals surface area (Å²) in [5.41, 5.74) is 0. The van der Waals surface area contributed by atoms with Crippen molar-refractivity contribution in [2.45, 2.75) is 32.4 Å². The van der Waals surface area contributed by atoms with Gasteiger partial charge in [-0.05, 0) is 12.3 Å². The molecule has 0 aromatic carbocycles. The fourth-order valence-electron chi connectivity index (χ4n) is 1.24. The van der Waals surface area contributed by atoms with Crippen molar-refractivity contribution < 1.29 is 14.7 Å². The summed E-state index contributed by atoms with van der Waals surface area (Å²) in [5.74, 6) is 0.373. The maximum Gasteiger partial charge on any atom is 0.207 e. The van der Waals surface area contributed by atoms with Gasteiger partial charge in [-0.2, -0.15) is 0 Å². The Morgan fingerprint density at radius 1 is 1.29 bits per heavy atom. The second-order valence-corrected chi connectivity index (χ2v) is 3.61. The number of carbonyl (C=O) groups is 2. The van der Waals surface area contributed by atoms with Gasteiger partial charge in [0.1, 0.15) is 0 Å². The molecule has 82 valence electrons. The van der Waals surface area contributed by atoms with Crippen molar-refractivity contribution in [3.8, 4) is 0 Å². The average Bonchev–Trinajstić information content (AvgIpc) is 2.13. The van der Waals surface area contributed by atoms with Crippen LogP contribution < -0.4 is 10.6 Å². The van der Waals surface area contributed by atoms with Crippen LogP contribution in [-0.2, 0) is 9.59 Å². The first-order valence-electron chi connectivity index (χ1n) is 4.66. The number of amides is 2. The molecule has 0 heterocycles. The SMILES string of the molecule is CC(C)CC(NC=O)C(O)CNC=O. The molecule has 0 aromatic rings. The maximum absolute atomic E-state index is 10.3. The molecule has 0 fully saturated rings. The lowest BCUT2D eigenvalue weighted by atomic mass is 9.99. The smallest absolute Gasteiger partial charge is 0.207 e. The molecule has 0 bridgehead atoms. The zero-order valence-corrected chi connectivity index (χ0v) is 8.56. The van der Waals surface area contributed by atoms with Crippen LogP contribution in [0.25, 0.3) is 0 Å². The standard InChI is InChI=1S/C9H18N2O3/c1-7(2)3-8(11-6-13)9(14)4-10-5-12/h5-9,14H,3-4H2,1-2H3,(H,10,12)(H,11,13). The third kappa shape index (κ3) is 5.53. The Balaban J connectivity index is 4.02. The molecular weight excluding hydrogens is 184 g/mol. The summed E-state index contributed by atoms with van der Waals surface area (Å²) in [6, 6.07) is -0.306. The molecule has 0 aromatic heterocycles. The Kier molecular flexibility index (Phi) is 6.74. The van der Waals surface area contributed by atoms with Crippen LogP contribution in [0, 0.1) is 5.92 Å². The van der Waals surface area contributed by atoms with E-state index < -0.39 is 6.10 Å². The lowest BCUT2D eigenvalue weighted by Gasteiger charge is -2.23. The van der Waals surface area contributed by atoms with Crippen molar-refractivity contribution in [1.29, 1.82) is 0 Å². The Bertz CT molecular complexity index is 173. The molecular formula is C9H18N2O3. The van der Waals surface area contributed by atoms with Gasteiger partial charge in [0.05, 0.1) is 12.1 Å². The molecule has 0 aliphatic carbocycles. The van der Waals surface area contributed by atoms with E-state index in [1.54, 1.807) is 0 Å². The average molecular weight is 202 g/mol. The monoisotopic (exact) mass is 202 g/mol. The first kappa shape index (κ1) is 12.9. The summed E-state index contributed by atoms with van der Waals surface area (Å²) in [6.45, 7) is 4.15. The molecule has 5 nitrogen and oxygen atoms in total. The third-order valence-electron chi connectivity index (χ3n) is 1.88. The van der Waals surface area contributed by atoms with E-state index in [1.165, 1.54) is 0 Å². The molecule has 0 saturated carbocycles. The number of hydrogen-bond acceptors (Lipinski definition) is 3. The minimum atomic E-state index is -0.743. The Hall–Kier alpha value is -1.10. The molecule has 0 rings (SSSR count). The lowest BCUT2D eigenvalue weighted by Crippen LogP contribution is -2.45. The molecule has 2 amide bonds. The van der Waals surface area contributed by atoms with Crippen molar-refractivity contribution in [3.63, 3.8) is 0 Å². The molecule has 0 saturated heterocycles. The van der Waals surface area contributed by atoms with E-state index in [9.17, 15) is 14.7 Å². The van der Waals surface area contributed by atoms with E-state index >= 15 is 0 Å². The fraction of sp³-hybridized carbons (Fsp3) is 0.778. The zero-order chi connectivity index (χ0) is 11.0. The van der Waals surface area contributed by atoms with Crippen molar-refractivity contribution >= 4 is 12.8 Å². The van der Waals surface area contributed by atoms with Crippen LogP contribution in [0.5, 0.6) is 0 Å². The summed E-state index contributed by atoms with van der Waals surface area (Å²) in [4.78, 5) is 20.3. The van der Waals surface area contributed by atoms with Crippen LogP contribution in [0.3, 0.4) is 0 Å². The van der Waals surface area contributed by atoms with E-state index in [4.69, 9.17) is 0 Å². The van der Waals surface area contributed by atoms with Crippen molar-refractivity contribution in [2.75, 3.05) is 6.54 Å². The van der Waals surface area contributed by atoms with Gasteiger partial charge in [0.15, 0.2) is 0 Å². The molecule has 0 aliphatic rings. The van der Waals surface area contributed by atoms with E-state index in [1.807, 2.05) is 13.8 Å². The van der Waals surface area contributed by atoms with Gasteiger partial charge in [0, 0.05) is 6.54 Å². The summed E-state index contributed by atoms with van der Waals surface area (Å²) >= 11 is 0. The van der Waals surface area contributed by atoms with Gasteiger partial charge >= 0.3 is 0 Å². The van der Waals surface area contributed by atoms with Crippen molar-refractivity contribution in [3.05, 3.63) is 0 Å². The van der Waals surface area contributed by atoms with Gasteiger partial charge < -0.3 is 15.7 Å². The van der Waals surface area contributed by atoms with Crippen LogP contribution >= 0.6 is 0 Å². The molecule has 2 unspecified atom stereocenters. The Labute approximate surface area is 83.9 Å². The molecule has 14 heavy (non-hydrogen) atoms.